The van der Waals surface area contributed by atoms with Crippen molar-refractivity contribution in [1.29, 1.82) is 0 Å². The van der Waals surface area contributed by atoms with Gasteiger partial charge in [0, 0.05) is 5.54 Å². The lowest BCUT2D eigenvalue weighted by molar-refractivity contribution is 0.0913. The van der Waals surface area contributed by atoms with Crippen molar-refractivity contribution in [2.24, 2.45) is 0 Å². The van der Waals surface area contributed by atoms with Crippen LogP contribution in [0.4, 0.5) is 4.39 Å². The molecule has 0 unspecified atom stereocenters. The number of likely N-dealkylation sites (N-methyl/N-ethyl adjacent to an activating group) is 1. The van der Waals surface area contributed by atoms with E-state index in [4.69, 9.17) is 0 Å². The fourth-order valence-corrected chi connectivity index (χ4v) is 2.09. The highest BCUT2D eigenvalue weighted by atomic mass is 19.1. The van der Waals surface area contributed by atoms with Crippen LogP contribution in [0.3, 0.4) is 0 Å². The van der Waals surface area contributed by atoms with Crippen LogP contribution in [0.1, 0.15) is 39.5 Å². The zero-order valence-corrected chi connectivity index (χ0v) is 8.91. The number of hydrogen-bond acceptors (Lipinski definition) is 1. The Hall–Kier alpha value is -0.370. The van der Waals surface area contributed by atoms with Gasteiger partial charge >= 0.3 is 0 Å². The normalized spacial score (nSPS) is 40.3. The first-order chi connectivity index (χ1) is 5.92. The minimum absolute atomic E-state index is 0.00833. The summed E-state index contributed by atoms with van der Waals surface area (Å²) in [5.74, 6) is 0. The molecule has 0 heterocycles. The van der Waals surface area contributed by atoms with Crippen LogP contribution in [0.2, 0.25) is 0 Å². The molecule has 0 atom stereocenters. The highest BCUT2D eigenvalue weighted by Gasteiger charge is 2.39. The summed E-state index contributed by atoms with van der Waals surface area (Å²) in [6, 6.07) is 0. The molecule has 0 saturated heterocycles. The Morgan fingerprint density at radius 2 is 1.77 bits per heavy atom. The molecule has 0 aromatic heterocycles. The molecular formula is C11H20FN. The maximum Gasteiger partial charge on any atom is 0.108 e. The summed E-state index contributed by atoms with van der Waals surface area (Å²) in [5.41, 5.74) is 0.159. The lowest BCUT2D eigenvalue weighted by atomic mass is 9.72. The molecule has 1 aliphatic rings. The summed E-state index contributed by atoms with van der Waals surface area (Å²) >= 11 is 0. The predicted octanol–water partition coefficient (Wildman–Crippen LogP) is 2.82. The van der Waals surface area contributed by atoms with Crippen LogP contribution in [-0.2, 0) is 0 Å². The lowest BCUT2D eigenvalue weighted by Gasteiger charge is -2.42. The van der Waals surface area contributed by atoms with Crippen LogP contribution < -0.4 is 5.32 Å². The van der Waals surface area contributed by atoms with Crippen molar-refractivity contribution < 1.29 is 4.39 Å². The second-order valence-electron chi connectivity index (χ2n) is 4.53. The molecule has 1 N–H and O–H groups in total. The Morgan fingerprint density at radius 3 is 2.08 bits per heavy atom. The van der Waals surface area contributed by atoms with Crippen LogP contribution in [0.5, 0.6) is 0 Å². The average molecular weight is 185 g/mol. The molecule has 1 nitrogen and oxygen atoms in total. The van der Waals surface area contributed by atoms with Crippen molar-refractivity contribution in [3.63, 3.8) is 0 Å². The summed E-state index contributed by atoms with van der Waals surface area (Å²) in [6.45, 7) is 7.71. The molecule has 0 amide bonds. The van der Waals surface area contributed by atoms with Crippen molar-refractivity contribution in [2.75, 3.05) is 7.05 Å². The summed E-state index contributed by atoms with van der Waals surface area (Å²) in [7, 11) is 1.94. The minimum Gasteiger partial charge on any atom is -0.311 e. The molecule has 1 saturated carbocycles. The van der Waals surface area contributed by atoms with E-state index < -0.39 is 5.67 Å². The van der Waals surface area contributed by atoms with Crippen LogP contribution >= 0.6 is 0 Å². The number of rotatable bonds is 2. The zero-order valence-electron chi connectivity index (χ0n) is 8.91. The quantitative estimate of drug-likeness (QED) is 0.652. The van der Waals surface area contributed by atoms with Crippen molar-refractivity contribution in [3.8, 4) is 0 Å². The Morgan fingerprint density at radius 1 is 1.31 bits per heavy atom. The molecule has 0 spiro atoms. The van der Waals surface area contributed by atoms with Gasteiger partial charge in [-0.15, -0.1) is 0 Å². The van der Waals surface area contributed by atoms with E-state index in [9.17, 15) is 4.39 Å². The van der Waals surface area contributed by atoms with Gasteiger partial charge in [-0.3, -0.25) is 0 Å². The topological polar surface area (TPSA) is 12.0 Å². The molecule has 0 aromatic rings. The van der Waals surface area contributed by atoms with Crippen molar-refractivity contribution in [2.45, 2.75) is 50.7 Å². The highest BCUT2D eigenvalue weighted by molar-refractivity contribution is 5.16. The highest BCUT2D eigenvalue weighted by Crippen LogP contribution is 2.39. The van der Waals surface area contributed by atoms with Gasteiger partial charge in [-0.25, -0.2) is 4.39 Å². The maximum atomic E-state index is 13.6. The molecule has 0 aliphatic heterocycles. The number of nitrogens with one attached hydrogen (secondary N) is 1. The first-order valence-corrected chi connectivity index (χ1v) is 4.96. The third-order valence-electron chi connectivity index (χ3n) is 3.44. The first kappa shape index (κ1) is 10.7. The Labute approximate surface area is 80.4 Å². The van der Waals surface area contributed by atoms with Crippen LogP contribution in [0, 0.1) is 0 Å². The third kappa shape index (κ3) is 2.11. The average Bonchev–Trinajstić information content (AvgIpc) is 2.05. The number of alkyl halides is 1. The summed E-state index contributed by atoms with van der Waals surface area (Å²) < 4.78 is 13.6. The second kappa shape index (κ2) is 3.41. The van der Waals surface area contributed by atoms with Crippen LogP contribution in [0.25, 0.3) is 0 Å². The van der Waals surface area contributed by atoms with E-state index in [-0.39, 0.29) is 5.54 Å². The number of halogens is 1. The van der Waals surface area contributed by atoms with Gasteiger partial charge in [0.25, 0.3) is 0 Å². The van der Waals surface area contributed by atoms with Crippen LogP contribution in [0.15, 0.2) is 12.2 Å². The van der Waals surface area contributed by atoms with Gasteiger partial charge in [0.2, 0.25) is 0 Å². The SMILES string of the molecule is C=C(C)C1(NC)CCC(C)(F)CC1. The van der Waals surface area contributed by atoms with E-state index in [0.717, 1.165) is 18.4 Å². The molecule has 0 radical (unpaired) electrons. The van der Waals surface area contributed by atoms with Gasteiger partial charge in [0.15, 0.2) is 0 Å². The van der Waals surface area contributed by atoms with E-state index in [2.05, 4.69) is 11.9 Å². The Kier molecular flexibility index (Phi) is 2.81. The molecule has 0 bridgehead atoms. The van der Waals surface area contributed by atoms with E-state index in [1.807, 2.05) is 14.0 Å². The predicted molar refractivity (Wildman–Crippen MR) is 54.6 cm³/mol. The third-order valence-corrected chi connectivity index (χ3v) is 3.44. The minimum atomic E-state index is -0.962. The molecule has 76 valence electrons. The molecule has 1 fully saturated rings. The van der Waals surface area contributed by atoms with Crippen LogP contribution in [-0.4, -0.2) is 18.3 Å². The van der Waals surface area contributed by atoms with Gasteiger partial charge in [-0.2, -0.15) is 0 Å². The molecule has 13 heavy (non-hydrogen) atoms. The van der Waals surface area contributed by atoms with Gasteiger partial charge in [-0.1, -0.05) is 12.2 Å². The largest absolute Gasteiger partial charge is 0.311 e. The summed E-state index contributed by atoms with van der Waals surface area (Å²) in [4.78, 5) is 0. The molecule has 0 aromatic carbocycles. The summed E-state index contributed by atoms with van der Waals surface area (Å²) in [6.07, 6.45) is 3.01. The van der Waals surface area contributed by atoms with E-state index >= 15 is 0 Å². The first-order valence-electron chi connectivity index (χ1n) is 4.96. The fraction of sp³-hybridized carbons (Fsp3) is 0.818. The lowest BCUT2D eigenvalue weighted by Crippen LogP contribution is -2.49. The molecule has 1 aliphatic carbocycles. The maximum absolute atomic E-state index is 13.6. The van der Waals surface area contributed by atoms with Gasteiger partial charge in [-0.05, 0) is 46.6 Å². The molecule has 2 heteroatoms. The fourth-order valence-electron chi connectivity index (χ4n) is 2.09. The van der Waals surface area contributed by atoms with Gasteiger partial charge in [0.1, 0.15) is 5.67 Å². The van der Waals surface area contributed by atoms with Crippen molar-refractivity contribution in [3.05, 3.63) is 12.2 Å². The van der Waals surface area contributed by atoms with E-state index in [0.29, 0.717) is 12.8 Å². The molecule has 1 rings (SSSR count). The van der Waals surface area contributed by atoms with E-state index in [1.165, 1.54) is 0 Å². The van der Waals surface area contributed by atoms with Gasteiger partial charge in [0.05, 0.1) is 0 Å². The molecular weight excluding hydrogens is 165 g/mol. The zero-order chi connectivity index (χ0) is 10.1. The Bertz CT molecular complexity index is 198. The summed E-state index contributed by atoms with van der Waals surface area (Å²) in [5, 5.41) is 3.29. The van der Waals surface area contributed by atoms with E-state index in [1.54, 1.807) is 6.92 Å². The van der Waals surface area contributed by atoms with Crippen molar-refractivity contribution >= 4 is 0 Å². The standard InChI is InChI=1S/C11H20FN/c1-9(2)11(13-4)7-5-10(3,12)6-8-11/h13H,1,5-8H2,2-4H3. The smallest absolute Gasteiger partial charge is 0.108 e. The van der Waals surface area contributed by atoms with Crippen molar-refractivity contribution in [1.82, 2.24) is 5.32 Å². The Balaban J connectivity index is 2.69. The second-order valence-corrected chi connectivity index (χ2v) is 4.53. The monoisotopic (exact) mass is 185 g/mol. The number of hydrogen-bond donors (Lipinski definition) is 1. The van der Waals surface area contributed by atoms with Gasteiger partial charge < -0.3 is 5.32 Å².